The van der Waals surface area contributed by atoms with E-state index in [9.17, 15) is 8.42 Å². The molecule has 1 heterocycles. The number of morpholine rings is 1. The van der Waals surface area contributed by atoms with Crippen molar-refractivity contribution in [3.63, 3.8) is 0 Å². The first-order chi connectivity index (χ1) is 8.62. The lowest BCUT2D eigenvalue weighted by Crippen LogP contribution is -2.41. The van der Waals surface area contributed by atoms with Crippen LogP contribution in [0.4, 0.5) is 5.69 Å². The molecule has 1 saturated heterocycles. The summed E-state index contributed by atoms with van der Waals surface area (Å²) in [6.07, 6.45) is 0. The van der Waals surface area contributed by atoms with Gasteiger partial charge in [-0.3, -0.25) is 10.7 Å². The maximum absolute atomic E-state index is 12.1. The maximum atomic E-state index is 12.1. The molecule has 0 saturated carbocycles. The van der Waals surface area contributed by atoms with Gasteiger partial charge in [0.15, 0.2) is 0 Å². The number of hydrogen-bond donors (Lipinski definition) is 2. The molecule has 4 N–H and O–H groups in total. The lowest BCUT2D eigenvalue weighted by molar-refractivity contribution is 0.0729. The van der Waals surface area contributed by atoms with Crippen LogP contribution in [-0.4, -0.2) is 49.7 Å². The smallest absolute Gasteiger partial charge is 0.218 e. The molecular weight excluding hydrogens is 272 g/mol. The van der Waals surface area contributed by atoms with Gasteiger partial charge in [0.1, 0.15) is 0 Å². The van der Waals surface area contributed by atoms with E-state index in [1.54, 1.807) is 24.3 Å². The highest BCUT2D eigenvalue weighted by Crippen LogP contribution is 2.15. The highest BCUT2D eigenvalue weighted by Gasteiger charge is 2.24. The lowest BCUT2D eigenvalue weighted by atomic mass is 10.2. The zero-order valence-corrected chi connectivity index (χ0v) is 11.2. The minimum absolute atomic E-state index is 0. The van der Waals surface area contributed by atoms with Gasteiger partial charge < -0.3 is 10.2 Å². The van der Waals surface area contributed by atoms with Crippen LogP contribution in [0.5, 0.6) is 0 Å². The molecule has 0 aromatic heterocycles. The van der Waals surface area contributed by atoms with E-state index in [0.29, 0.717) is 37.6 Å². The highest BCUT2D eigenvalue weighted by molar-refractivity contribution is 7.88. The summed E-state index contributed by atoms with van der Waals surface area (Å²) >= 11 is 0. The predicted octanol–water partition coefficient (Wildman–Crippen LogP) is -0.175. The molecule has 0 radical (unpaired) electrons. The lowest BCUT2D eigenvalue weighted by Gasteiger charge is -2.26. The van der Waals surface area contributed by atoms with E-state index in [2.05, 4.69) is 0 Å². The van der Waals surface area contributed by atoms with E-state index in [4.69, 9.17) is 9.94 Å². The summed E-state index contributed by atoms with van der Waals surface area (Å²) < 4.78 is 30.9. The second-order valence-corrected chi connectivity index (χ2v) is 6.05. The molecule has 8 heteroatoms. The summed E-state index contributed by atoms with van der Waals surface area (Å²) in [5.74, 6) is -0.0669. The van der Waals surface area contributed by atoms with Crippen molar-refractivity contribution in [2.75, 3.05) is 31.8 Å². The molecule has 0 aliphatic carbocycles. The Hall–Kier alpha value is -1.19. The third-order valence-electron chi connectivity index (χ3n) is 2.77. The SMILES string of the molecule is O.O=S(=O)(Cc1cccc(NO)c1)N1CCOCC1. The van der Waals surface area contributed by atoms with Crippen LogP contribution in [0, 0.1) is 0 Å². The Balaban J connectivity index is 0.00000180. The molecule has 0 bridgehead atoms. The first-order valence-corrected chi connectivity index (χ1v) is 7.27. The van der Waals surface area contributed by atoms with Crippen LogP contribution in [0.3, 0.4) is 0 Å². The Kier molecular flexibility index (Phi) is 5.70. The summed E-state index contributed by atoms with van der Waals surface area (Å²) in [6.45, 7) is 1.69. The van der Waals surface area contributed by atoms with Crippen molar-refractivity contribution in [1.29, 1.82) is 0 Å². The molecular formula is C11H18N2O5S. The summed E-state index contributed by atoms with van der Waals surface area (Å²) in [5, 5.41) is 8.78. The molecule has 0 spiro atoms. The van der Waals surface area contributed by atoms with Crippen LogP contribution in [0.25, 0.3) is 0 Å². The van der Waals surface area contributed by atoms with Gasteiger partial charge in [0.25, 0.3) is 0 Å². The van der Waals surface area contributed by atoms with Crippen molar-refractivity contribution in [3.8, 4) is 0 Å². The largest absolute Gasteiger partial charge is 0.412 e. The molecule has 108 valence electrons. The van der Waals surface area contributed by atoms with E-state index in [1.165, 1.54) is 4.31 Å². The Morgan fingerprint density at radius 1 is 1.32 bits per heavy atom. The van der Waals surface area contributed by atoms with Gasteiger partial charge in [-0.05, 0) is 17.7 Å². The van der Waals surface area contributed by atoms with Gasteiger partial charge in [-0.1, -0.05) is 12.1 Å². The quantitative estimate of drug-likeness (QED) is 0.748. The first-order valence-electron chi connectivity index (χ1n) is 5.66. The third kappa shape index (κ3) is 4.15. The Morgan fingerprint density at radius 3 is 2.63 bits per heavy atom. The standard InChI is InChI=1S/C11H16N2O4S.H2O/c14-12-11-3-1-2-10(8-11)9-18(15,16)13-4-6-17-7-5-13;/h1-3,8,12,14H,4-7,9H2;1H2. The van der Waals surface area contributed by atoms with Gasteiger partial charge in [-0.2, -0.15) is 4.31 Å². The summed E-state index contributed by atoms with van der Waals surface area (Å²) in [4.78, 5) is 0. The Morgan fingerprint density at radius 2 is 2.00 bits per heavy atom. The number of rotatable bonds is 4. The fraction of sp³-hybridized carbons (Fsp3) is 0.455. The average Bonchev–Trinajstić information content (AvgIpc) is 2.39. The zero-order chi connectivity index (χ0) is 13.0. The molecule has 0 atom stereocenters. The van der Waals surface area contributed by atoms with E-state index in [0.717, 1.165) is 0 Å². The first kappa shape index (κ1) is 15.9. The third-order valence-corrected chi connectivity index (χ3v) is 4.62. The van der Waals surface area contributed by atoms with Crippen LogP contribution in [0.1, 0.15) is 5.56 Å². The van der Waals surface area contributed by atoms with Crippen molar-refractivity contribution < 1.29 is 23.8 Å². The van der Waals surface area contributed by atoms with Crippen molar-refractivity contribution in [1.82, 2.24) is 4.31 Å². The highest BCUT2D eigenvalue weighted by atomic mass is 32.2. The molecule has 0 unspecified atom stereocenters. The van der Waals surface area contributed by atoms with E-state index < -0.39 is 10.0 Å². The summed E-state index contributed by atoms with van der Waals surface area (Å²) in [7, 11) is -3.32. The minimum atomic E-state index is -3.32. The van der Waals surface area contributed by atoms with E-state index in [-0.39, 0.29) is 11.2 Å². The Bertz CT molecular complexity index is 500. The fourth-order valence-corrected chi connectivity index (χ4v) is 3.35. The molecule has 1 aromatic carbocycles. The van der Waals surface area contributed by atoms with Crippen molar-refractivity contribution in [3.05, 3.63) is 29.8 Å². The van der Waals surface area contributed by atoms with Gasteiger partial charge in [0, 0.05) is 13.1 Å². The number of benzene rings is 1. The molecule has 19 heavy (non-hydrogen) atoms. The van der Waals surface area contributed by atoms with Gasteiger partial charge in [0.05, 0.1) is 24.7 Å². The molecule has 1 fully saturated rings. The van der Waals surface area contributed by atoms with Crippen LogP contribution in [-0.2, 0) is 20.5 Å². The number of nitrogens with one attached hydrogen (secondary N) is 1. The topological polar surface area (TPSA) is 110 Å². The van der Waals surface area contributed by atoms with Crippen LogP contribution < -0.4 is 5.48 Å². The van der Waals surface area contributed by atoms with Crippen LogP contribution >= 0.6 is 0 Å². The maximum Gasteiger partial charge on any atom is 0.218 e. The molecule has 1 aliphatic heterocycles. The second kappa shape index (κ2) is 6.83. The molecule has 1 aromatic rings. The van der Waals surface area contributed by atoms with Crippen LogP contribution in [0.15, 0.2) is 24.3 Å². The van der Waals surface area contributed by atoms with E-state index >= 15 is 0 Å². The summed E-state index contributed by atoms with van der Waals surface area (Å²) in [6, 6.07) is 6.68. The normalized spacial score (nSPS) is 16.7. The number of ether oxygens (including phenoxy) is 1. The Labute approximate surface area is 112 Å². The molecule has 1 aliphatic rings. The van der Waals surface area contributed by atoms with Crippen LogP contribution in [0.2, 0.25) is 0 Å². The molecule has 2 rings (SSSR count). The predicted molar refractivity (Wildman–Crippen MR) is 70.5 cm³/mol. The fourth-order valence-electron chi connectivity index (χ4n) is 1.86. The minimum Gasteiger partial charge on any atom is -0.412 e. The number of anilines is 1. The number of sulfonamides is 1. The molecule has 0 amide bonds. The molecule has 7 nitrogen and oxygen atoms in total. The number of nitrogens with zero attached hydrogens (tertiary/aromatic N) is 1. The van der Waals surface area contributed by atoms with Gasteiger partial charge in [-0.15, -0.1) is 0 Å². The van der Waals surface area contributed by atoms with E-state index in [1.807, 2.05) is 5.48 Å². The second-order valence-electron chi connectivity index (χ2n) is 4.08. The summed E-state index contributed by atoms with van der Waals surface area (Å²) in [5.41, 5.74) is 3.12. The monoisotopic (exact) mass is 290 g/mol. The van der Waals surface area contributed by atoms with Crippen molar-refractivity contribution in [2.45, 2.75) is 5.75 Å². The van der Waals surface area contributed by atoms with Gasteiger partial charge in [-0.25, -0.2) is 8.42 Å². The van der Waals surface area contributed by atoms with Gasteiger partial charge >= 0.3 is 0 Å². The average molecular weight is 290 g/mol. The zero-order valence-electron chi connectivity index (χ0n) is 10.4. The van der Waals surface area contributed by atoms with Gasteiger partial charge in [0.2, 0.25) is 10.0 Å². The van der Waals surface area contributed by atoms with Crippen molar-refractivity contribution in [2.24, 2.45) is 0 Å². The number of hydrogen-bond acceptors (Lipinski definition) is 5. The van der Waals surface area contributed by atoms with Crippen molar-refractivity contribution >= 4 is 15.7 Å².